The smallest absolute Gasteiger partial charge is 0.408 e. The number of carbonyl (C=O) groups is 1. The summed E-state index contributed by atoms with van der Waals surface area (Å²) in [5.41, 5.74) is 0.920. The Bertz CT molecular complexity index is 973. The van der Waals surface area contributed by atoms with Crippen molar-refractivity contribution < 1.29 is 18.3 Å². The molecule has 0 bridgehead atoms. The summed E-state index contributed by atoms with van der Waals surface area (Å²) in [6.07, 6.45) is -0.109. The van der Waals surface area contributed by atoms with E-state index < -0.39 is 17.7 Å². The first kappa shape index (κ1) is 21.8. The Hall–Kier alpha value is -2.87. The van der Waals surface area contributed by atoms with Gasteiger partial charge in [0.15, 0.2) is 0 Å². The van der Waals surface area contributed by atoms with E-state index in [1.807, 2.05) is 30.3 Å². The molecule has 8 heteroatoms. The molecule has 0 fully saturated rings. The number of carbonyl (C=O) groups excluding carboxylic acids is 1. The SMILES string of the molecule is CC(C)(C)OC(=O)NC(Cc1ccccc1)c1nnc(SCc2ccccc2F)o1. The summed E-state index contributed by atoms with van der Waals surface area (Å²) >= 11 is 1.24. The van der Waals surface area contributed by atoms with Gasteiger partial charge >= 0.3 is 6.09 Å². The summed E-state index contributed by atoms with van der Waals surface area (Å²) in [7, 11) is 0. The second-order valence-electron chi connectivity index (χ2n) is 7.67. The molecule has 1 aromatic heterocycles. The summed E-state index contributed by atoms with van der Waals surface area (Å²) in [4.78, 5) is 12.3. The van der Waals surface area contributed by atoms with Crippen molar-refractivity contribution in [2.24, 2.45) is 0 Å². The van der Waals surface area contributed by atoms with Gasteiger partial charge in [-0.2, -0.15) is 0 Å². The van der Waals surface area contributed by atoms with Gasteiger partial charge in [0.05, 0.1) is 0 Å². The largest absolute Gasteiger partial charge is 0.444 e. The Labute approximate surface area is 179 Å². The first-order valence-electron chi connectivity index (χ1n) is 9.53. The fraction of sp³-hybridized carbons (Fsp3) is 0.318. The van der Waals surface area contributed by atoms with Gasteiger partial charge in [0, 0.05) is 12.2 Å². The van der Waals surface area contributed by atoms with Crippen molar-refractivity contribution >= 4 is 17.9 Å². The summed E-state index contributed by atoms with van der Waals surface area (Å²) in [6, 6.07) is 15.7. The van der Waals surface area contributed by atoms with Crippen molar-refractivity contribution in [2.75, 3.05) is 0 Å². The van der Waals surface area contributed by atoms with E-state index in [-0.39, 0.29) is 11.7 Å². The first-order chi connectivity index (χ1) is 14.3. The van der Waals surface area contributed by atoms with Crippen LogP contribution in [-0.4, -0.2) is 21.9 Å². The molecule has 0 radical (unpaired) electrons. The number of nitrogens with zero attached hydrogens (tertiary/aromatic N) is 2. The van der Waals surface area contributed by atoms with Gasteiger partial charge in [-0.15, -0.1) is 10.2 Å². The average Bonchev–Trinajstić information content (AvgIpc) is 3.15. The van der Waals surface area contributed by atoms with E-state index in [9.17, 15) is 9.18 Å². The molecule has 2 aromatic carbocycles. The molecule has 6 nitrogen and oxygen atoms in total. The van der Waals surface area contributed by atoms with Crippen LogP contribution < -0.4 is 5.32 Å². The Morgan fingerprint density at radius 3 is 2.53 bits per heavy atom. The minimum Gasteiger partial charge on any atom is -0.444 e. The quantitative estimate of drug-likeness (QED) is 0.513. The number of benzene rings is 2. The molecule has 1 heterocycles. The van der Waals surface area contributed by atoms with Crippen molar-refractivity contribution in [1.29, 1.82) is 0 Å². The number of aromatic nitrogens is 2. The summed E-state index contributed by atoms with van der Waals surface area (Å²) in [6.45, 7) is 5.38. The highest BCUT2D eigenvalue weighted by Crippen LogP contribution is 2.26. The van der Waals surface area contributed by atoms with Crippen LogP contribution in [0, 0.1) is 5.82 Å². The maximum Gasteiger partial charge on any atom is 0.408 e. The molecule has 1 N–H and O–H groups in total. The third kappa shape index (κ3) is 6.59. The van der Waals surface area contributed by atoms with E-state index >= 15 is 0 Å². The maximum atomic E-state index is 13.8. The third-order valence-electron chi connectivity index (χ3n) is 4.00. The van der Waals surface area contributed by atoms with E-state index in [4.69, 9.17) is 9.15 Å². The van der Waals surface area contributed by atoms with Gasteiger partial charge in [-0.3, -0.25) is 0 Å². The summed E-state index contributed by atoms with van der Waals surface area (Å²) in [5.74, 6) is 0.344. The highest BCUT2D eigenvalue weighted by Gasteiger charge is 2.25. The molecule has 0 aliphatic carbocycles. The Balaban J connectivity index is 1.72. The van der Waals surface area contributed by atoms with E-state index in [1.165, 1.54) is 17.8 Å². The molecule has 1 unspecified atom stereocenters. The second kappa shape index (κ2) is 9.75. The normalized spacial score (nSPS) is 12.4. The average molecular weight is 430 g/mol. The number of nitrogens with one attached hydrogen (secondary N) is 1. The third-order valence-corrected chi connectivity index (χ3v) is 4.87. The molecule has 3 rings (SSSR count). The predicted octanol–water partition coefficient (Wildman–Crippen LogP) is 5.31. The highest BCUT2D eigenvalue weighted by atomic mass is 32.2. The van der Waals surface area contributed by atoms with Gasteiger partial charge < -0.3 is 14.5 Å². The number of amides is 1. The van der Waals surface area contributed by atoms with Gasteiger partial charge in [-0.05, 0) is 38.0 Å². The zero-order valence-corrected chi connectivity index (χ0v) is 17.9. The van der Waals surface area contributed by atoms with Crippen LogP contribution >= 0.6 is 11.8 Å². The zero-order valence-electron chi connectivity index (χ0n) is 17.1. The molecule has 30 heavy (non-hydrogen) atoms. The van der Waals surface area contributed by atoms with Gasteiger partial charge in [0.25, 0.3) is 5.22 Å². The second-order valence-corrected chi connectivity index (χ2v) is 8.60. The Morgan fingerprint density at radius 2 is 1.83 bits per heavy atom. The molecule has 0 saturated heterocycles. The molecule has 1 amide bonds. The lowest BCUT2D eigenvalue weighted by molar-refractivity contribution is 0.0494. The standard InChI is InChI=1S/C22H24FN3O3S/c1-22(2,3)29-20(27)24-18(13-15-9-5-4-6-10-15)19-25-26-21(28-19)30-14-16-11-7-8-12-17(16)23/h4-12,18H,13-14H2,1-3H3,(H,24,27). The number of thioether (sulfide) groups is 1. The number of alkyl carbamates (subject to hydrolysis) is 1. The number of hydrogen-bond acceptors (Lipinski definition) is 6. The summed E-state index contributed by atoms with van der Waals surface area (Å²) < 4.78 is 24.9. The predicted molar refractivity (Wildman–Crippen MR) is 113 cm³/mol. The summed E-state index contributed by atoms with van der Waals surface area (Å²) in [5, 5.41) is 11.2. The lowest BCUT2D eigenvalue weighted by Gasteiger charge is -2.22. The van der Waals surface area contributed by atoms with Crippen LogP contribution in [-0.2, 0) is 16.9 Å². The Morgan fingerprint density at radius 1 is 1.13 bits per heavy atom. The fourth-order valence-electron chi connectivity index (χ4n) is 2.67. The van der Waals surface area contributed by atoms with Crippen LogP contribution in [0.2, 0.25) is 0 Å². The van der Waals surface area contributed by atoms with Gasteiger partial charge in [-0.1, -0.05) is 60.3 Å². The topological polar surface area (TPSA) is 77.2 Å². The maximum absolute atomic E-state index is 13.8. The van der Waals surface area contributed by atoms with Crippen molar-refractivity contribution in [3.8, 4) is 0 Å². The molecule has 158 valence electrons. The molecule has 0 spiro atoms. The van der Waals surface area contributed by atoms with Crippen molar-refractivity contribution in [1.82, 2.24) is 15.5 Å². The van der Waals surface area contributed by atoms with E-state index in [2.05, 4.69) is 15.5 Å². The zero-order chi connectivity index (χ0) is 21.6. The Kier molecular flexibility index (Phi) is 7.10. The van der Waals surface area contributed by atoms with Crippen molar-refractivity contribution in [2.45, 2.75) is 49.8 Å². The van der Waals surface area contributed by atoms with E-state index in [1.54, 1.807) is 39.0 Å². The van der Waals surface area contributed by atoms with Gasteiger partial charge in [0.2, 0.25) is 5.89 Å². The number of ether oxygens (including phenoxy) is 1. The van der Waals surface area contributed by atoms with E-state index in [0.29, 0.717) is 23.0 Å². The van der Waals surface area contributed by atoms with Crippen LogP contribution in [0.15, 0.2) is 64.2 Å². The van der Waals surface area contributed by atoms with Crippen molar-refractivity contribution in [3.63, 3.8) is 0 Å². The van der Waals surface area contributed by atoms with Gasteiger partial charge in [-0.25, -0.2) is 9.18 Å². The van der Waals surface area contributed by atoms with Crippen LogP contribution in [0.5, 0.6) is 0 Å². The van der Waals surface area contributed by atoms with E-state index in [0.717, 1.165) is 5.56 Å². The lowest BCUT2D eigenvalue weighted by atomic mass is 10.1. The molecule has 1 atom stereocenters. The van der Waals surface area contributed by atoms with Crippen LogP contribution in [0.1, 0.15) is 43.8 Å². The monoisotopic (exact) mass is 429 g/mol. The van der Waals surface area contributed by atoms with Gasteiger partial charge in [0.1, 0.15) is 17.5 Å². The van der Waals surface area contributed by atoms with Crippen LogP contribution in [0.25, 0.3) is 0 Å². The minimum absolute atomic E-state index is 0.265. The van der Waals surface area contributed by atoms with Crippen molar-refractivity contribution in [3.05, 3.63) is 77.4 Å². The molecular weight excluding hydrogens is 405 g/mol. The number of rotatable bonds is 7. The first-order valence-corrected chi connectivity index (χ1v) is 10.5. The molecule has 3 aromatic rings. The minimum atomic E-state index is -0.628. The lowest BCUT2D eigenvalue weighted by Crippen LogP contribution is -2.36. The molecule has 0 saturated carbocycles. The molecular formula is C22H24FN3O3S. The fourth-order valence-corrected chi connectivity index (χ4v) is 3.43. The molecule has 0 aliphatic rings. The molecule has 0 aliphatic heterocycles. The number of halogens is 1. The highest BCUT2D eigenvalue weighted by molar-refractivity contribution is 7.98. The van der Waals surface area contributed by atoms with Crippen LogP contribution in [0.3, 0.4) is 0 Å². The number of hydrogen-bond donors (Lipinski definition) is 1. The van der Waals surface area contributed by atoms with Crippen LogP contribution in [0.4, 0.5) is 9.18 Å².